The number of furan rings is 1. The second kappa shape index (κ2) is 6.00. The van der Waals surface area contributed by atoms with Crippen molar-refractivity contribution >= 4 is 11.6 Å². The molecule has 1 aromatic carbocycles. The minimum Gasteiger partial charge on any atom is -0.459 e. The lowest BCUT2D eigenvalue weighted by Crippen LogP contribution is -2.33. The second-order valence-electron chi connectivity index (χ2n) is 5.95. The van der Waals surface area contributed by atoms with Crippen molar-refractivity contribution < 1.29 is 9.21 Å². The van der Waals surface area contributed by atoms with E-state index in [1.54, 1.807) is 23.1 Å². The Morgan fingerprint density at radius 2 is 1.95 bits per heavy atom. The molecule has 0 bridgehead atoms. The molecule has 3 heteroatoms. The zero-order chi connectivity index (χ0) is 15.5. The van der Waals surface area contributed by atoms with Crippen molar-refractivity contribution in [1.29, 1.82) is 0 Å². The maximum Gasteiger partial charge on any atom is 0.294 e. The largest absolute Gasteiger partial charge is 0.459 e. The third-order valence-electron chi connectivity index (χ3n) is 3.29. The number of anilines is 1. The number of para-hydroxylation sites is 1. The van der Waals surface area contributed by atoms with Crippen LogP contribution in [0.15, 0.2) is 59.7 Å². The summed E-state index contributed by atoms with van der Waals surface area (Å²) in [5.74, 6) is 0.178. The van der Waals surface area contributed by atoms with Crippen LogP contribution in [0.5, 0.6) is 0 Å². The smallest absolute Gasteiger partial charge is 0.294 e. The van der Waals surface area contributed by atoms with Crippen LogP contribution in [0.4, 0.5) is 5.69 Å². The standard InChI is InChI=1S/C18H21NO2/c1-5-12-19(17(20)16-11-8-13-21-16)15-10-7-6-9-14(15)18(2,3)4/h5-11,13H,1,12H2,2-4H3. The molecule has 3 nitrogen and oxygen atoms in total. The van der Waals surface area contributed by atoms with Gasteiger partial charge in [0, 0.05) is 12.2 Å². The van der Waals surface area contributed by atoms with Crippen LogP contribution in [0.1, 0.15) is 36.9 Å². The number of rotatable bonds is 4. The average Bonchev–Trinajstić information content (AvgIpc) is 2.97. The topological polar surface area (TPSA) is 33.5 Å². The fourth-order valence-electron chi connectivity index (χ4n) is 2.30. The first-order valence-corrected chi connectivity index (χ1v) is 7.01. The highest BCUT2D eigenvalue weighted by molar-refractivity contribution is 6.04. The molecule has 0 aliphatic rings. The van der Waals surface area contributed by atoms with Gasteiger partial charge in [-0.2, -0.15) is 0 Å². The summed E-state index contributed by atoms with van der Waals surface area (Å²) < 4.78 is 5.24. The summed E-state index contributed by atoms with van der Waals surface area (Å²) in [6.45, 7) is 10.6. The van der Waals surface area contributed by atoms with Gasteiger partial charge < -0.3 is 9.32 Å². The monoisotopic (exact) mass is 283 g/mol. The second-order valence-corrected chi connectivity index (χ2v) is 5.95. The van der Waals surface area contributed by atoms with Crippen LogP contribution in [0, 0.1) is 0 Å². The highest BCUT2D eigenvalue weighted by atomic mass is 16.3. The molecule has 0 saturated carbocycles. The molecule has 110 valence electrons. The van der Waals surface area contributed by atoms with Crippen molar-refractivity contribution in [2.24, 2.45) is 0 Å². The summed E-state index contributed by atoms with van der Waals surface area (Å²) in [5.41, 5.74) is 1.96. The predicted octanol–water partition coefficient (Wildman–Crippen LogP) is 4.41. The average molecular weight is 283 g/mol. The van der Waals surface area contributed by atoms with E-state index < -0.39 is 0 Å². The van der Waals surface area contributed by atoms with Crippen molar-refractivity contribution in [1.82, 2.24) is 0 Å². The summed E-state index contributed by atoms with van der Waals surface area (Å²) in [5, 5.41) is 0. The van der Waals surface area contributed by atoms with Gasteiger partial charge in [-0.25, -0.2) is 0 Å². The molecule has 0 unspecified atom stereocenters. The first kappa shape index (κ1) is 15.1. The summed E-state index contributed by atoms with van der Waals surface area (Å²) in [6, 6.07) is 11.3. The van der Waals surface area contributed by atoms with Crippen LogP contribution in [0.2, 0.25) is 0 Å². The Balaban J connectivity index is 2.49. The van der Waals surface area contributed by atoms with E-state index in [2.05, 4.69) is 33.4 Å². The Bertz CT molecular complexity index is 621. The molecule has 0 N–H and O–H groups in total. The van der Waals surface area contributed by atoms with E-state index in [4.69, 9.17) is 4.42 Å². The summed E-state index contributed by atoms with van der Waals surface area (Å²) in [4.78, 5) is 14.4. The summed E-state index contributed by atoms with van der Waals surface area (Å²) >= 11 is 0. The highest BCUT2D eigenvalue weighted by Crippen LogP contribution is 2.32. The molecule has 2 rings (SSSR count). The molecule has 0 fully saturated rings. The van der Waals surface area contributed by atoms with Crippen LogP contribution in [0.25, 0.3) is 0 Å². The summed E-state index contributed by atoms with van der Waals surface area (Å²) in [7, 11) is 0. The molecule has 0 atom stereocenters. The normalized spacial score (nSPS) is 11.2. The molecule has 1 heterocycles. The number of carbonyl (C=O) groups excluding carboxylic acids is 1. The maximum absolute atomic E-state index is 12.7. The minimum absolute atomic E-state index is 0.0561. The van der Waals surface area contributed by atoms with Gasteiger partial charge in [0.25, 0.3) is 5.91 Å². The van der Waals surface area contributed by atoms with Gasteiger partial charge in [-0.1, -0.05) is 45.0 Å². The van der Waals surface area contributed by atoms with Gasteiger partial charge in [-0.3, -0.25) is 4.79 Å². The number of hydrogen-bond acceptors (Lipinski definition) is 2. The van der Waals surface area contributed by atoms with Crippen LogP contribution in [-0.4, -0.2) is 12.5 Å². The van der Waals surface area contributed by atoms with E-state index in [9.17, 15) is 4.79 Å². The Labute approximate surface area is 125 Å². The third-order valence-corrected chi connectivity index (χ3v) is 3.29. The SMILES string of the molecule is C=CCN(C(=O)c1ccco1)c1ccccc1C(C)(C)C. The van der Waals surface area contributed by atoms with Crippen molar-refractivity contribution in [2.75, 3.05) is 11.4 Å². The van der Waals surface area contributed by atoms with Crippen LogP contribution in [-0.2, 0) is 5.41 Å². The zero-order valence-corrected chi connectivity index (χ0v) is 12.8. The van der Waals surface area contributed by atoms with Crippen LogP contribution < -0.4 is 4.90 Å². The zero-order valence-electron chi connectivity index (χ0n) is 12.8. The number of carbonyl (C=O) groups is 1. The van der Waals surface area contributed by atoms with Crippen molar-refractivity contribution in [3.63, 3.8) is 0 Å². The van der Waals surface area contributed by atoms with E-state index in [1.165, 1.54) is 6.26 Å². The fraction of sp³-hybridized carbons (Fsp3) is 0.278. The predicted molar refractivity (Wildman–Crippen MR) is 85.7 cm³/mol. The van der Waals surface area contributed by atoms with Crippen LogP contribution in [0.3, 0.4) is 0 Å². The maximum atomic E-state index is 12.7. The molecular weight excluding hydrogens is 262 g/mol. The lowest BCUT2D eigenvalue weighted by Gasteiger charge is -2.29. The molecular formula is C18H21NO2. The Kier molecular flexibility index (Phi) is 4.32. The van der Waals surface area contributed by atoms with Gasteiger partial charge in [0.1, 0.15) is 0 Å². The molecule has 0 spiro atoms. The molecule has 0 aliphatic heterocycles. The number of nitrogens with zero attached hydrogens (tertiary/aromatic N) is 1. The first-order valence-electron chi connectivity index (χ1n) is 7.01. The van der Waals surface area contributed by atoms with E-state index in [0.717, 1.165) is 11.3 Å². The van der Waals surface area contributed by atoms with E-state index in [0.29, 0.717) is 12.3 Å². The molecule has 0 aliphatic carbocycles. The van der Waals surface area contributed by atoms with Gasteiger partial charge in [-0.15, -0.1) is 6.58 Å². The summed E-state index contributed by atoms with van der Waals surface area (Å²) in [6.07, 6.45) is 3.23. The van der Waals surface area contributed by atoms with E-state index in [-0.39, 0.29) is 11.3 Å². The van der Waals surface area contributed by atoms with Gasteiger partial charge >= 0.3 is 0 Å². The molecule has 0 saturated heterocycles. The Morgan fingerprint density at radius 1 is 1.24 bits per heavy atom. The number of benzene rings is 1. The van der Waals surface area contributed by atoms with Gasteiger partial charge in [-0.05, 0) is 29.2 Å². The molecule has 0 radical (unpaired) electrons. The van der Waals surface area contributed by atoms with Crippen molar-refractivity contribution in [3.8, 4) is 0 Å². The van der Waals surface area contributed by atoms with E-state index in [1.807, 2.05) is 18.2 Å². The molecule has 21 heavy (non-hydrogen) atoms. The first-order chi connectivity index (χ1) is 9.95. The van der Waals surface area contributed by atoms with Gasteiger partial charge in [0.05, 0.1) is 6.26 Å². The van der Waals surface area contributed by atoms with Gasteiger partial charge in [0.15, 0.2) is 5.76 Å². The Hall–Kier alpha value is -2.29. The quantitative estimate of drug-likeness (QED) is 0.779. The number of amides is 1. The molecule has 1 aromatic heterocycles. The lowest BCUT2D eigenvalue weighted by atomic mass is 9.85. The molecule has 1 amide bonds. The Morgan fingerprint density at radius 3 is 2.52 bits per heavy atom. The minimum atomic E-state index is -0.156. The van der Waals surface area contributed by atoms with Crippen molar-refractivity contribution in [3.05, 3.63) is 66.6 Å². The fourth-order valence-corrected chi connectivity index (χ4v) is 2.30. The van der Waals surface area contributed by atoms with Gasteiger partial charge in [0.2, 0.25) is 0 Å². The van der Waals surface area contributed by atoms with Crippen molar-refractivity contribution in [2.45, 2.75) is 26.2 Å². The number of hydrogen-bond donors (Lipinski definition) is 0. The highest BCUT2D eigenvalue weighted by Gasteiger charge is 2.25. The molecule has 2 aromatic rings. The lowest BCUT2D eigenvalue weighted by molar-refractivity contribution is 0.0963. The van der Waals surface area contributed by atoms with E-state index >= 15 is 0 Å². The third kappa shape index (κ3) is 3.24. The van der Waals surface area contributed by atoms with Crippen LogP contribution >= 0.6 is 0 Å².